The van der Waals surface area contributed by atoms with Gasteiger partial charge in [0.2, 0.25) is 0 Å². The fourth-order valence-electron chi connectivity index (χ4n) is 5.49. The highest BCUT2D eigenvalue weighted by Crippen LogP contribution is 2.43. The van der Waals surface area contributed by atoms with Crippen molar-refractivity contribution in [2.45, 2.75) is 63.7 Å². The zero-order chi connectivity index (χ0) is 26.1. The van der Waals surface area contributed by atoms with Gasteiger partial charge in [0.05, 0.1) is 23.4 Å². The van der Waals surface area contributed by atoms with E-state index >= 15 is 0 Å². The van der Waals surface area contributed by atoms with E-state index in [0.717, 1.165) is 47.8 Å². The third-order valence-corrected chi connectivity index (χ3v) is 8.16. The Morgan fingerprint density at radius 3 is 2.58 bits per heavy atom. The molecule has 3 fully saturated rings. The van der Waals surface area contributed by atoms with Crippen molar-refractivity contribution in [3.63, 3.8) is 0 Å². The molecule has 0 bridgehead atoms. The van der Waals surface area contributed by atoms with E-state index in [2.05, 4.69) is 22.0 Å². The number of aromatic nitrogens is 1. The molecule has 3 aromatic rings. The van der Waals surface area contributed by atoms with Crippen LogP contribution in [-0.4, -0.2) is 42.9 Å². The smallest absolute Gasteiger partial charge is 0.411 e. The topological polar surface area (TPSA) is 94.7 Å². The molecular weight excluding hydrogens is 482 g/mol. The molecule has 1 N–H and O–H groups in total. The SMILES string of the molecule is CC(OC(=O)Nc1ccc(-c2c(C#N)c3cc(OCC4COCO4)ccc3n2C2CCC2)cc1)C1CCC1. The van der Waals surface area contributed by atoms with Crippen molar-refractivity contribution < 1.29 is 23.7 Å². The highest BCUT2D eigenvalue weighted by Gasteiger charge is 2.29. The number of hydrogen-bond acceptors (Lipinski definition) is 6. The number of nitrogens with one attached hydrogen (secondary N) is 1. The molecule has 3 aliphatic rings. The molecule has 2 atom stereocenters. The first-order valence-corrected chi connectivity index (χ1v) is 13.6. The Hall–Kier alpha value is -3.54. The van der Waals surface area contributed by atoms with Gasteiger partial charge in [-0.05, 0) is 80.8 Å². The van der Waals surface area contributed by atoms with E-state index in [-0.39, 0.29) is 12.2 Å². The Morgan fingerprint density at radius 2 is 1.95 bits per heavy atom. The number of benzene rings is 2. The summed E-state index contributed by atoms with van der Waals surface area (Å²) < 4.78 is 24.6. The zero-order valence-corrected chi connectivity index (χ0v) is 21.7. The van der Waals surface area contributed by atoms with Crippen molar-refractivity contribution in [3.8, 4) is 23.1 Å². The lowest BCUT2D eigenvalue weighted by Gasteiger charge is -2.30. The molecule has 1 saturated heterocycles. The van der Waals surface area contributed by atoms with E-state index in [1.54, 1.807) is 0 Å². The molecule has 2 saturated carbocycles. The van der Waals surface area contributed by atoms with Crippen molar-refractivity contribution in [1.29, 1.82) is 5.26 Å². The van der Waals surface area contributed by atoms with Crippen molar-refractivity contribution in [1.82, 2.24) is 4.57 Å². The molecule has 2 aliphatic carbocycles. The van der Waals surface area contributed by atoms with Gasteiger partial charge >= 0.3 is 6.09 Å². The molecule has 2 aromatic carbocycles. The molecule has 0 radical (unpaired) electrons. The van der Waals surface area contributed by atoms with E-state index in [4.69, 9.17) is 18.9 Å². The summed E-state index contributed by atoms with van der Waals surface area (Å²) >= 11 is 0. The van der Waals surface area contributed by atoms with E-state index in [0.29, 0.717) is 49.0 Å². The third kappa shape index (κ3) is 4.84. The molecule has 0 spiro atoms. The summed E-state index contributed by atoms with van der Waals surface area (Å²) in [6.07, 6.45) is 6.22. The Morgan fingerprint density at radius 1 is 1.16 bits per heavy atom. The largest absolute Gasteiger partial charge is 0.491 e. The zero-order valence-electron chi connectivity index (χ0n) is 21.7. The number of carbonyl (C=O) groups excluding carboxylic acids is 1. The van der Waals surface area contributed by atoms with E-state index in [9.17, 15) is 10.1 Å². The van der Waals surface area contributed by atoms with Crippen LogP contribution in [0.5, 0.6) is 5.75 Å². The van der Waals surface area contributed by atoms with Crippen molar-refractivity contribution in [2.24, 2.45) is 5.92 Å². The number of rotatable bonds is 8. The van der Waals surface area contributed by atoms with Gasteiger partial charge in [0.1, 0.15) is 37.4 Å². The molecule has 1 amide bonds. The van der Waals surface area contributed by atoms with Gasteiger partial charge in [-0.2, -0.15) is 5.26 Å². The summed E-state index contributed by atoms with van der Waals surface area (Å²) in [5.41, 5.74) is 4.17. The Balaban J connectivity index is 1.26. The second-order valence-electron chi connectivity index (χ2n) is 10.6. The minimum Gasteiger partial charge on any atom is -0.491 e. The molecule has 1 aromatic heterocycles. The standard InChI is InChI=1S/C30H33N3O5/c1-19(20-4-2-5-20)38-30(34)32-22-10-8-21(9-11-22)29-27(15-31)26-14-24(36-17-25-16-35-18-37-25)12-13-28(26)33(29)23-6-3-7-23/h8-14,19-20,23,25H,2-7,16-18H2,1H3,(H,32,34). The average molecular weight is 516 g/mol. The molecule has 1 aliphatic heterocycles. The Kier molecular flexibility index (Phi) is 6.96. The lowest BCUT2D eigenvalue weighted by Crippen LogP contribution is -2.30. The summed E-state index contributed by atoms with van der Waals surface area (Å²) in [5, 5.41) is 14.0. The van der Waals surface area contributed by atoms with Crippen molar-refractivity contribution in [3.05, 3.63) is 48.0 Å². The maximum Gasteiger partial charge on any atom is 0.411 e. The number of anilines is 1. The third-order valence-electron chi connectivity index (χ3n) is 8.16. The highest BCUT2D eigenvalue weighted by atomic mass is 16.7. The normalized spacial score (nSPS) is 20.4. The average Bonchev–Trinajstić information content (AvgIpc) is 3.47. The fraction of sp³-hybridized carbons (Fsp3) is 0.467. The van der Waals surface area contributed by atoms with Crippen molar-refractivity contribution >= 4 is 22.7 Å². The van der Waals surface area contributed by atoms with Gasteiger partial charge < -0.3 is 23.5 Å². The second-order valence-corrected chi connectivity index (χ2v) is 10.6. The number of fused-ring (bicyclic) bond motifs is 1. The summed E-state index contributed by atoms with van der Waals surface area (Å²) in [5.74, 6) is 1.17. The van der Waals surface area contributed by atoms with E-state index < -0.39 is 6.09 Å². The summed E-state index contributed by atoms with van der Waals surface area (Å²) in [4.78, 5) is 12.4. The first-order chi connectivity index (χ1) is 18.6. The quantitative estimate of drug-likeness (QED) is 0.373. The minimum atomic E-state index is -0.430. The van der Waals surface area contributed by atoms with Crippen LogP contribution in [-0.2, 0) is 14.2 Å². The second kappa shape index (κ2) is 10.7. The van der Waals surface area contributed by atoms with Gasteiger partial charge in [0, 0.05) is 17.1 Å². The number of nitrogens with zero attached hydrogens (tertiary/aromatic N) is 2. The molecule has 8 heteroatoms. The van der Waals surface area contributed by atoms with Crippen LogP contribution in [0.25, 0.3) is 22.2 Å². The van der Waals surface area contributed by atoms with E-state index in [1.807, 2.05) is 43.3 Å². The Labute approximate surface area is 222 Å². The lowest BCUT2D eigenvalue weighted by molar-refractivity contribution is 0.0320. The van der Waals surface area contributed by atoms with Gasteiger partial charge in [-0.25, -0.2) is 4.79 Å². The fourth-order valence-corrected chi connectivity index (χ4v) is 5.49. The van der Waals surface area contributed by atoms with Crippen LogP contribution in [0.1, 0.15) is 57.1 Å². The van der Waals surface area contributed by atoms with Gasteiger partial charge in [0.25, 0.3) is 0 Å². The monoisotopic (exact) mass is 515 g/mol. The summed E-state index contributed by atoms with van der Waals surface area (Å²) in [6.45, 7) is 3.19. The van der Waals surface area contributed by atoms with Crippen LogP contribution < -0.4 is 10.1 Å². The summed E-state index contributed by atoms with van der Waals surface area (Å²) in [6, 6.07) is 16.4. The number of ether oxygens (including phenoxy) is 4. The van der Waals surface area contributed by atoms with Gasteiger partial charge in [-0.3, -0.25) is 5.32 Å². The first kappa shape index (κ1) is 24.8. The number of amides is 1. The summed E-state index contributed by atoms with van der Waals surface area (Å²) in [7, 11) is 0. The van der Waals surface area contributed by atoms with Crippen LogP contribution in [0.15, 0.2) is 42.5 Å². The number of nitriles is 1. The van der Waals surface area contributed by atoms with Crippen LogP contribution in [0, 0.1) is 17.2 Å². The Bertz CT molecular complexity index is 1340. The predicted octanol–water partition coefficient (Wildman–Crippen LogP) is 6.39. The van der Waals surface area contributed by atoms with Gasteiger partial charge in [0.15, 0.2) is 0 Å². The maximum atomic E-state index is 12.4. The predicted molar refractivity (Wildman–Crippen MR) is 143 cm³/mol. The van der Waals surface area contributed by atoms with Gasteiger partial charge in [-0.1, -0.05) is 18.6 Å². The van der Waals surface area contributed by atoms with Crippen LogP contribution in [0.4, 0.5) is 10.5 Å². The van der Waals surface area contributed by atoms with Gasteiger partial charge in [-0.15, -0.1) is 0 Å². The molecule has 198 valence electrons. The molecule has 2 unspecified atom stereocenters. The molecule has 6 rings (SSSR count). The van der Waals surface area contributed by atoms with Crippen LogP contribution in [0.3, 0.4) is 0 Å². The maximum absolute atomic E-state index is 12.4. The minimum absolute atomic E-state index is 0.0766. The highest BCUT2D eigenvalue weighted by molar-refractivity contribution is 5.96. The van der Waals surface area contributed by atoms with Crippen molar-refractivity contribution in [2.75, 3.05) is 25.3 Å². The molecular formula is C30H33N3O5. The number of hydrogen-bond donors (Lipinski definition) is 1. The first-order valence-electron chi connectivity index (χ1n) is 13.6. The van der Waals surface area contributed by atoms with Crippen LogP contribution in [0.2, 0.25) is 0 Å². The lowest BCUT2D eigenvalue weighted by atomic mass is 9.82. The van der Waals surface area contributed by atoms with E-state index in [1.165, 1.54) is 12.8 Å². The molecule has 2 heterocycles. The molecule has 38 heavy (non-hydrogen) atoms. The molecule has 8 nitrogen and oxygen atoms in total. The van der Waals surface area contributed by atoms with Crippen LogP contribution >= 0.6 is 0 Å². The number of carbonyl (C=O) groups is 1.